The molecule has 0 saturated carbocycles. The van der Waals surface area contributed by atoms with Crippen LogP contribution in [0.1, 0.15) is 28.8 Å². The van der Waals surface area contributed by atoms with Crippen molar-refractivity contribution in [3.05, 3.63) is 59.7 Å². The molecule has 0 bridgehead atoms. The maximum Gasteiger partial charge on any atom is 0.317 e. The Kier molecular flexibility index (Phi) is 6.37. The molecule has 2 aromatic rings. The third-order valence-corrected chi connectivity index (χ3v) is 5.52. The van der Waals surface area contributed by atoms with Crippen molar-refractivity contribution in [1.82, 2.24) is 15.5 Å². The zero-order chi connectivity index (χ0) is 20.8. The summed E-state index contributed by atoms with van der Waals surface area (Å²) >= 11 is 0. The lowest BCUT2D eigenvalue weighted by atomic mass is 9.98. The van der Waals surface area contributed by atoms with Crippen LogP contribution in [-0.2, 0) is 6.42 Å². The van der Waals surface area contributed by atoms with Gasteiger partial charge in [-0.25, -0.2) is 4.79 Å². The molecule has 0 spiro atoms. The highest BCUT2D eigenvalue weighted by Crippen LogP contribution is 2.32. The minimum Gasteiger partial charge on any atom is -0.454 e. The topological polar surface area (TPSA) is 79.9 Å². The van der Waals surface area contributed by atoms with Gasteiger partial charge in [-0.2, -0.15) is 0 Å². The number of likely N-dealkylation sites (tertiary alicyclic amines) is 1. The molecule has 1 fully saturated rings. The summed E-state index contributed by atoms with van der Waals surface area (Å²) in [4.78, 5) is 26.8. The first-order valence-electron chi connectivity index (χ1n) is 10.4. The molecule has 4 rings (SSSR count). The molecule has 0 radical (unpaired) electrons. The summed E-state index contributed by atoms with van der Waals surface area (Å²) in [5.41, 5.74) is 1.76. The zero-order valence-electron chi connectivity index (χ0n) is 16.9. The number of ether oxygens (including phenoxy) is 2. The summed E-state index contributed by atoms with van der Waals surface area (Å²) in [5, 5.41) is 6.00. The Morgan fingerprint density at radius 1 is 1.03 bits per heavy atom. The number of hydrogen-bond acceptors (Lipinski definition) is 4. The third-order valence-electron chi connectivity index (χ3n) is 5.52. The molecule has 0 aliphatic carbocycles. The molecule has 0 aromatic heterocycles. The first kappa shape index (κ1) is 20.1. The van der Waals surface area contributed by atoms with E-state index >= 15 is 0 Å². The third kappa shape index (κ3) is 5.03. The lowest BCUT2D eigenvalue weighted by molar-refractivity contribution is 0.0937. The van der Waals surface area contributed by atoms with Crippen LogP contribution in [0.5, 0.6) is 11.5 Å². The molecule has 7 nitrogen and oxygen atoms in total. The van der Waals surface area contributed by atoms with Gasteiger partial charge in [0.25, 0.3) is 5.91 Å². The Morgan fingerprint density at radius 2 is 1.87 bits per heavy atom. The van der Waals surface area contributed by atoms with Crippen molar-refractivity contribution in [3.8, 4) is 11.5 Å². The molecule has 3 amide bonds. The number of carbonyl (C=O) groups is 2. The van der Waals surface area contributed by atoms with E-state index in [-0.39, 0.29) is 24.6 Å². The van der Waals surface area contributed by atoms with Crippen molar-refractivity contribution in [2.75, 3.05) is 33.0 Å². The van der Waals surface area contributed by atoms with E-state index in [4.69, 9.17) is 9.47 Å². The molecule has 1 atom stereocenters. The van der Waals surface area contributed by atoms with E-state index in [1.807, 2.05) is 23.1 Å². The van der Waals surface area contributed by atoms with Gasteiger partial charge in [-0.3, -0.25) is 4.79 Å². The Morgan fingerprint density at radius 3 is 2.73 bits per heavy atom. The molecule has 1 saturated heterocycles. The lowest BCUT2D eigenvalue weighted by Gasteiger charge is -2.33. The predicted octanol–water partition coefficient (Wildman–Crippen LogP) is 2.81. The number of amides is 3. The van der Waals surface area contributed by atoms with Gasteiger partial charge < -0.3 is 25.0 Å². The lowest BCUT2D eigenvalue weighted by Crippen LogP contribution is -2.48. The summed E-state index contributed by atoms with van der Waals surface area (Å²) in [5.74, 6) is 1.36. The van der Waals surface area contributed by atoms with Crippen molar-refractivity contribution in [1.29, 1.82) is 0 Å². The normalized spacial score (nSPS) is 17.5. The van der Waals surface area contributed by atoms with Gasteiger partial charge in [0.05, 0.1) is 0 Å². The number of benzene rings is 2. The van der Waals surface area contributed by atoms with Gasteiger partial charge in [0.2, 0.25) is 6.79 Å². The second-order valence-corrected chi connectivity index (χ2v) is 7.70. The number of hydrogen-bond donors (Lipinski definition) is 2. The van der Waals surface area contributed by atoms with E-state index in [1.54, 1.807) is 18.2 Å². The molecule has 2 heterocycles. The highest BCUT2D eigenvalue weighted by atomic mass is 16.7. The predicted molar refractivity (Wildman–Crippen MR) is 113 cm³/mol. The second-order valence-electron chi connectivity index (χ2n) is 7.70. The Labute approximate surface area is 176 Å². The van der Waals surface area contributed by atoms with Crippen LogP contribution in [0.4, 0.5) is 4.79 Å². The summed E-state index contributed by atoms with van der Waals surface area (Å²) < 4.78 is 10.6. The van der Waals surface area contributed by atoms with Gasteiger partial charge in [-0.05, 0) is 48.9 Å². The van der Waals surface area contributed by atoms with Gasteiger partial charge in [0.15, 0.2) is 11.5 Å². The van der Waals surface area contributed by atoms with Crippen LogP contribution in [0.3, 0.4) is 0 Å². The standard InChI is InChI=1S/C23H27N3O4/c27-22(19-8-9-20-21(13-19)30-16-29-20)25-14-18-7-4-12-26(15-18)23(28)24-11-10-17-5-2-1-3-6-17/h1-3,5-6,8-9,13,18H,4,7,10-12,14-16H2,(H,24,28)(H,25,27)/t18-/m1/s1. The van der Waals surface area contributed by atoms with E-state index in [1.165, 1.54) is 5.56 Å². The summed E-state index contributed by atoms with van der Waals surface area (Å²) in [6.45, 7) is 2.75. The molecule has 2 aliphatic heterocycles. The van der Waals surface area contributed by atoms with Crippen LogP contribution in [0.2, 0.25) is 0 Å². The maximum atomic E-state index is 12.5. The first-order valence-corrected chi connectivity index (χ1v) is 10.4. The maximum absolute atomic E-state index is 12.5. The largest absolute Gasteiger partial charge is 0.454 e. The minimum absolute atomic E-state index is 0.0299. The molecular formula is C23H27N3O4. The molecule has 2 N–H and O–H groups in total. The molecule has 0 unspecified atom stereocenters. The number of rotatable bonds is 6. The molecular weight excluding hydrogens is 382 g/mol. The van der Waals surface area contributed by atoms with E-state index in [2.05, 4.69) is 22.8 Å². The van der Waals surface area contributed by atoms with Crippen LogP contribution in [0, 0.1) is 5.92 Å². The second kappa shape index (κ2) is 9.52. The SMILES string of the molecule is O=C(NC[C@H]1CCCN(C(=O)NCCc2ccccc2)C1)c1ccc2c(c1)OCO2. The smallest absolute Gasteiger partial charge is 0.317 e. The Balaban J connectivity index is 1.21. The van der Waals surface area contributed by atoms with Crippen molar-refractivity contribution < 1.29 is 19.1 Å². The summed E-state index contributed by atoms with van der Waals surface area (Å²) in [6.07, 6.45) is 2.75. The van der Waals surface area contributed by atoms with Gasteiger partial charge in [-0.1, -0.05) is 30.3 Å². The number of nitrogens with one attached hydrogen (secondary N) is 2. The molecule has 7 heteroatoms. The van der Waals surface area contributed by atoms with Crippen LogP contribution < -0.4 is 20.1 Å². The minimum atomic E-state index is -0.141. The fraction of sp³-hybridized carbons (Fsp3) is 0.391. The number of urea groups is 1. The molecule has 2 aromatic carbocycles. The number of nitrogens with zero attached hydrogens (tertiary/aromatic N) is 1. The Bertz CT molecular complexity index is 887. The van der Waals surface area contributed by atoms with E-state index < -0.39 is 0 Å². The van der Waals surface area contributed by atoms with Crippen LogP contribution in [0.15, 0.2) is 48.5 Å². The fourth-order valence-electron chi connectivity index (χ4n) is 3.86. The van der Waals surface area contributed by atoms with E-state index in [0.717, 1.165) is 25.8 Å². The van der Waals surface area contributed by atoms with Crippen molar-refractivity contribution >= 4 is 11.9 Å². The van der Waals surface area contributed by atoms with Crippen LogP contribution in [-0.4, -0.2) is 49.8 Å². The molecule has 2 aliphatic rings. The number of piperidine rings is 1. The average molecular weight is 409 g/mol. The van der Waals surface area contributed by atoms with Crippen molar-refractivity contribution in [2.45, 2.75) is 19.3 Å². The quantitative estimate of drug-likeness (QED) is 0.769. The Hall–Kier alpha value is -3.22. The van der Waals surface area contributed by atoms with Gasteiger partial charge in [0, 0.05) is 31.7 Å². The fourth-order valence-corrected chi connectivity index (χ4v) is 3.86. The van der Waals surface area contributed by atoms with Gasteiger partial charge >= 0.3 is 6.03 Å². The van der Waals surface area contributed by atoms with E-state index in [9.17, 15) is 9.59 Å². The highest BCUT2D eigenvalue weighted by Gasteiger charge is 2.24. The highest BCUT2D eigenvalue weighted by molar-refractivity contribution is 5.94. The van der Waals surface area contributed by atoms with Crippen molar-refractivity contribution in [2.24, 2.45) is 5.92 Å². The van der Waals surface area contributed by atoms with Crippen LogP contribution >= 0.6 is 0 Å². The van der Waals surface area contributed by atoms with Crippen LogP contribution in [0.25, 0.3) is 0 Å². The number of fused-ring (bicyclic) bond motifs is 1. The summed E-state index contributed by atoms with van der Waals surface area (Å²) in [6, 6.07) is 15.3. The van der Waals surface area contributed by atoms with E-state index in [0.29, 0.717) is 36.7 Å². The average Bonchev–Trinajstić information content (AvgIpc) is 3.26. The first-order chi connectivity index (χ1) is 14.7. The van der Waals surface area contributed by atoms with Gasteiger partial charge in [0.1, 0.15) is 0 Å². The summed E-state index contributed by atoms with van der Waals surface area (Å²) in [7, 11) is 0. The zero-order valence-corrected chi connectivity index (χ0v) is 16.9. The molecule has 158 valence electrons. The monoisotopic (exact) mass is 409 g/mol. The van der Waals surface area contributed by atoms with Crippen molar-refractivity contribution in [3.63, 3.8) is 0 Å². The number of carbonyl (C=O) groups excluding carboxylic acids is 2. The van der Waals surface area contributed by atoms with Gasteiger partial charge in [-0.15, -0.1) is 0 Å². The molecule has 30 heavy (non-hydrogen) atoms.